The van der Waals surface area contributed by atoms with E-state index in [0.717, 1.165) is 19.3 Å². The van der Waals surface area contributed by atoms with Crippen molar-refractivity contribution in [1.82, 2.24) is 4.31 Å². The molecule has 1 saturated heterocycles. The van der Waals surface area contributed by atoms with Crippen LogP contribution in [0.3, 0.4) is 0 Å². The van der Waals surface area contributed by atoms with Gasteiger partial charge in [0.2, 0.25) is 10.0 Å². The van der Waals surface area contributed by atoms with Crippen molar-refractivity contribution < 1.29 is 17.9 Å². The van der Waals surface area contributed by atoms with Gasteiger partial charge in [-0.05, 0) is 31.6 Å². The van der Waals surface area contributed by atoms with Gasteiger partial charge in [-0.1, -0.05) is 13.8 Å². The summed E-state index contributed by atoms with van der Waals surface area (Å²) in [5.41, 5.74) is 0.102. The number of furan rings is 1. The lowest BCUT2D eigenvalue weighted by molar-refractivity contribution is 0.244. The molecule has 20 heavy (non-hydrogen) atoms. The summed E-state index contributed by atoms with van der Waals surface area (Å²) in [6, 6.07) is 1.43. The molecule has 6 heteroatoms. The Kier molecular flexibility index (Phi) is 4.27. The molecule has 0 radical (unpaired) electrons. The maximum atomic E-state index is 12.7. The van der Waals surface area contributed by atoms with Gasteiger partial charge in [-0.2, -0.15) is 4.31 Å². The molecule has 2 rings (SSSR count). The molecule has 0 bridgehead atoms. The first-order valence-electron chi connectivity index (χ1n) is 7.09. The summed E-state index contributed by atoms with van der Waals surface area (Å²) >= 11 is 0. The van der Waals surface area contributed by atoms with Crippen LogP contribution in [0.15, 0.2) is 15.4 Å². The minimum atomic E-state index is -3.52. The zero-order valence-corrected chi connectivity index (χ0v) is 13.2. The number of hydrogen-bond acceptors (Lipinski definition) is 4. The van der Waals surface area contributed by atoms with Gasteiger partial charge in [0.25, 0.3) is 0 Å². The van der Waals surface area contributed by atoms with Gasteiger partial charge in [-0.25, -0.2) is 8.42 Å². The molecule has 1 aliphatic rings. The lowest BCUT2D eigenvalue weighted by atomic mass is 9.82. The number of sulfonamides is 1. The average molecular weight is 301 g/mol. The van der Waals surface area contributed by atoms with E-state index in [1.807, 2.05) is 0 Å². The molecule has 0 aliphatic carbocycles. The molecule has 114 valence electrons. The van der Waals surface area contributed by atoms with Crippen molar-refractivity contribution in [2.75, 3.05) is 13.1 Å². The molecule has 0 atom stereocenters. The van der Waals surface area contributed by atoms with Gasteiger partial charge in [0, 0.05) is 19.2 Å². The molecule has 0 aromatic carbocycles. The van der Waals surface area contributed by atoms with Crippen molar-refractivity contribution in [3.05, 3.63) is 17.6 Å². The molecule has 5 nitrogen and oxygen atoms in total. The summed E-state index contributed by atoms with van der Waals surface area (Å²) < 4.78 is 32.2. The van der Waals surface area contributed by atoms with Crippen LogP contribution in [-0.4, -0.2) is 30.9 Å². The predicted octanol–water partition coefficient (Wildman–Crippen LogP) is 2.28. The summed E-state index contributed by atoms with van der Waals surface area (Å²) in [6.45, 7) is 6.70. The Hall–Kier alpha value is -0.850. The third kappa shape index (κ3) is 2.52. The summed E-state index contributed by atoms with van der Waals surface area (Å²) in [5.74, 6) is 0.636. The monoisotopic (exact) mass is 301 g/mol. The van der Waals surface area contributed by atoms with Gasteiger partial charge in [0.05, 0.1) is 0 Å². The minimum absolute atomic E-state index is 0.102. The zero-order valence-electron chi connectivity index (χ0n) is 12.3. The Morgan fingerprint density at radius 1 is 1.40 bits per heavy atom. The minimum Gasteiger partial charge on any atom is -0.462 e. The molecular formula is C14H23NO4S. The maximum absolute atomic E-state index is 12.7. The highest BCUT2D eigenvalue weighted by atomic mass is 32.2. The largest absolute Gasteiger partial charge is 0.462 e. The molecule has 0 spiro atoms. The summed E-state index contributed by atoms with van der Waals surface area (Å²) in [4.78, 5) is 0.185. The van der Waals surface area contributed by atoms with Gasteiger partial charge in [-0.15, -0.1) is 0 Å². The standard InChI is InChI=1S/C14H23NO4S/c1-4-14(5-2)6-7-15(10-14)20(17,18)13-8-12(9-16)19-11(13)3/h8,16H,4-7,9-10H2,1-3H3. The van der Waals surface area contributed by atoms with Gasteiger partial charge >= 0.3 is 0 Å². The van der Waals surface area contributed by atoms with E-state index in [0.29, 0.717) is 18.8 Å². The van der Waals surface area contributed by atoms with E-state index >= 15 is 0 Å². The Balaban J connectivity index is 2.30. The smallest absolute Gasteiger partial charge is 0.246 e. The molecule has 0 saturated carbocycles. The van der Waals surface area contributed by atoms with Crippen molar-refractivity contribution >= 4 is 10.0 Å². The summed E-state index contributed by atoms with van der Waals surface area (Å²) in [7, 11) is -3.52. The van der Waals surface area contributed by atoms with Gasteiger partial charge in [0.15, 0.2) is 0 Å². The van der Waals surface area contributed by atoms with Gasteiger partial charge in [-0.3, -0.25) is 0 Å². The second kappa shape index (κ2) is 5.50. The number of nitrogens with zero attached hydrogens (tertiary/aromatic N) is 1. The molecule has 1 fully saturated rings. The van der Waals surface area contributed by atoms with Gasteiger partial charge in [0.1, 0.15) is 23.0 Å². The third-order valence-electron chi connectivity index (χ3n) is 4.60. The highest BCUT2D eigenvalue weighted by Gasteiger charge is 2.41. The van der Waals surface area contributed by atoms with Crippen LogP contribution >= 0.6 is 0 Å². The van der Waals surface area contributed by atoms with Crippen molar-refractivity contribution in [2.45, 2.75) is 51.5 Å². The topological polar surface area (TPSA) is 70.8 Å². The Bertz CT molecular complexity index is 572. The first kappa shape index (κ1) is 15.5. The lowest BCUT2D eigenvalue weighted by Crippen LogP contribution is -2.32. The summed E-state index contributed by atoms with van der Waals surface area (Å²) in [6.07, 6.45) is 2.88. The van der Waals surface area contributed by atoms with E-state index in [-0.39, 0.29) is 22.7 Å². The maximum Gasteiger partial charge on any atom is 0.246 e. The molecule has 1 aromatic heterocycles. The van der Waals surface area contributed by atoms with Crippen LogP contribution in [0.2, 0.25) is 0 Å². The molecule has 1 aliphatic heterocycles. The molecule has 1 N–H and O–H groups in total. The molecule has 0 unspecified atom stereocenters. The van der Waals surface area contributed by atoms with E-state index < -0.39 is 10.0 Å². The quantitative estimate of drug-likeness (QED) is 0.905. The van der Waals surface area contributed by atoms with Crippen molar-refractivity contribution in [3.8, 4) is 0 Å². The zero-order chi connectivity index (χ0) is 15.0. The SMILES string of the molecule is CCC1(CC)CCN(S(=O)(=O)c2cc(CO)oc2C)C1. The molecule has 2 heterocycles. The van der Waals surface area contributed by atoms with Crippen molar-refractivity contribution in [2.24, 2.45) is 5.41 Å². The van der Waals surface area contributed by atoms with Crippen molar-refractivity contribution in [3.63, 3.8) is 0 Å². The fourth-order valence-electron chi connectivity index (χ4n) is 2.92. The number of aryl methyl sites for hydroxylation is 1. The second-order valence-electron chi connectivity index (χ2n) is 5.59. The molecule has 0 amide bonds. The first-order chi connectivity index (χ1) is 9.38. The molecule has 1 aromatic rings. The Labute approximate surface area is 120 Å². The molecular weight excluding hydrogens is 278 g/mol. The Morgan fingerprint density at radius 2 is 2.05 bits per heavy atom. The number of aliphatic hydroxyl groups is 1. The second-order valence-corrected chi connectivity index (χ2v) is 7.49. The number of rotatable bonds is 5. The van der Waals surface area contributed by atoms with Crippen LogP contribution in [0.1, 0.15) is 44.6 Å². The third-order valence-corrected chi connectivity index (χ3v) is 6.55. The van der Waals surface area contributed by atoms with E-state index in [1.165, 1.54) is 6.07 Å². The van der Waals surface area contributed by atoms with E-state index in [2.05, 4.69) is 13.8 Å². The lowest BCUT2D eigenvalue weighted by Gasteiger charge is -2.26. The summed E-state index contributed by atoms with van der Waals surface area (Å²) in [5, 5.41) is 9.06. The average Bonchev–Trinajstić information content (AvgIpc) is 3.03. The van der Waals surface area contributed by atoms with Crippen LogP contribution in [0, 0.1) is 12.3 Å². The predicted molar refractivity (Wildman–Crippen MR) is 75.8 cm³/mol. The highest BCUT2D eigenvalue weighted by Crippen LogP contribution is 2.39. The van der Waals surface area contributed by atoms with E-state index in [1.54, 1.807) is 11.2 Å². The normalized spacial score (nSPS) is 19.6. The fourth-order valence-corrected chi connectivity index (χ4v) is 4.66. The number of hydrogen-bond donors (Lipinski definition) is 1. The first-order valence-corrected chi connectivity index (χ1v) is 8.53. The highest BCUT2D eigenvalue weighted by molar-refractivity contribution is 7.89. The van der Waals surface area contributed by atoms with Crippen LogP contribution in [-0.2, 0) is 16.6 Å². The Morgan fingerprint density at radius 3 is 2.50 bits per heavy atom. The van der Waals surface area contributed by atoms with Crippen LogP contribution in [0.5, 0.6) is 0 Å². The van der Waals surface area contributed by atoms with E-state index in [4.69, 9.17) is 9.52 Å². The van der Waals surface area contributed by atoms with Gasteiger partial charge < -0.3 is 9.52 Å². The van der Waals surface area contributed by atoms with E-state index in [9.17, 15) is 8.42 Å². The number of aliphatic hydroxyl groups excluding tert-OH is 1. The van der Waals surface area contributed by atoms with Crippen molar-refractivity contribution in [1.29, 1.82) is 0 Å². The fraction of sp³-hybridized carbons (Fsp3) is 0.714. The van der Waals surface area contributed by atoms with Crippen LogP contribution < -0.4 is 0 Å². The van der Waals surface area contributed by atoms with Crippen LogP contribution in [0.25, 0.3) is 0 Å². The van der Waals surface area contributed by atoms with Crippen LogP contribution in [0.4, 0.5) is 0 Å².